The van der Waals surface area contributed by atoms with E-state index >= 15 is 0 Å². The number of halogens is 3. The van der Waals surface area contributed by atoms with Gasteiger partial charge in [0.1, 0.15) is 5.82 Å². The third kappa shape index (κ3) is 4.51. The van der Waals surface area contributed by atoms with Crippen molar-refractivity contribution in [3.8, 4) is 0 Å². The first-order valence-electron chi connectivity index (χ1n) is 8.34. The highest BCUT2D eigenvalue weighted by atomic mass is 35.5. The third-order valence-electron chi connectivity index (χ3n) is 4.68. The van der Waals surface area contributed by atoms with E-state index in [1.54, 1.807) is 30.3 Å². The first-order chi connectivity index (χ1) is 12.8. The smallest absolute Gasteiger partial charge is 0.407 e. The Morgan fingerprint density at radius 3 is 2.48 bits per heavy atom. The average molecular weight is 411 g/mol. The second-order valence-electron chi connectivity index (χ2n) is 6.38. The lowest BCUT2D eigenvalue weighted by atomic mass is 9.85. The molecule has 1 aliphatic heterocycles. The molecular weight excluding hydrogens is 394 g/mol. The number of hydrogen-bond donors (Lipinski definition) is 2. The summed E-state index contributed by atoms with van der Waals surface area (Å²) in [6, 6.07) is 10.5. The number of carboxylic acid groups (broad SMARTS) is 1. The van der Waals surface area contributed by atoms with E-state index < -0.39 is 17.8 Å². The van der Waals surface area contributed by atoms with Crippen molar-refractivity contribution in [2.75, 3.05) is 13.1 Å². The minimum absolute atomic E-state index is 0.00796. The van der Waals surface area contributed by atoms with E-state index in [1.165, 1.54) is 17.0 Å². The minimum Gasteiger partial charge on any atom is -0.465 e. The Hall–Kier alpha value is -2.31. The fourth-order valence-corrected chi connectivity index (χ4v) is 3.48. The van der Waals surface area contributed by atoms with Gasteiger partial charge in [-0.05, 0) is 48.4 Å². The fraction of sp³-hybridized carbons (Fsp3) is 0.263. The summed E-state index contributed by atoms with van der Waals surface area (Å²) in [6.07, 6.45) is -0.627. The second kappa shape index (κ2) is 8.15. The largest absolute Gasteiger partial charge is 0.465 e. The number of benzene rings is 2. The Bertz CT molecular complexity index is 861. The van der Waals surface area contributed by atoms with Crippen molar-refractivity contribution in [3.63, 3.8) is 0 Å². The summed E-state index contributed by atoms with van der Waals surface area (Å²) in [5, 5.41) is 12.8. The number of nitrogens with zero attached hydrogens (tertiary/aromatic N) is 1. The Morgan fingerprint density at radius 2 is 1.85 bits per heavy atom. The van der Waals surface area contributed by atoms with Crippen LogP contribution in [0.5, 0.6) is 0 Å². The molecule has 142 valence electrons. The molecule has 0 radical (unpaired) electrons. The highest BCUT2D eigenvalue weighted by Crippen LogP contribution is 2.30. The molecule has 0 bridgehead atoms. The zero-order valence-electron chi connectivity index (χ0n) is 14.2. The Labute approximate surface area is 165 Å². The normalized spacial score (nSPS) is 19.6. The van der Waals surface area contributed by atoms with Crippen LogP contribution in [-0.2, 0) is 0 Å². The first-order valence-corrected chi connectivity index (χ1v) is 9.10. The van der Waals surface area contributed by atoms with Gasteiger partial charge in [0.15, 0.2) is 0 Å². The van der Waals surface area contributed by atoms with Gasteiger partial charge in [-0.15, -0.1) is 0 Å². The van der Waals surface area contributed by atoms with E-state index in [0.717, 1.165) is 0 Å². The van der Waals surface area contributed by atoms with Gasteiger partial charge < -0.3 is 15.3 Å². The zero-order chi connectivity index (χ0) is 19.6. The van der Waals surface area contributed by atoms with E-state index in [-0.39, 0.29) is 30.1 Å². The van der Waals surface area contributed by atoms with Crippen LogP contribution < -0.4 is 5.32 Å². The molecule has 1 fully saturated rings. The van der Waals surface area contributed by atoms with Gasteiger partial charge in [0.05, 0.1) is 5.02 Å². The van der Waals surface area contributed by atoms with Crippen LogP contribution in [0.3, 0.4) is 0 Å². The van der Waals surface area contributed by atoms with Gasteiger partial charge in [0, 0.05) is 35.6 Å². The number of piperidine rings is 1. The van der Waals surface area contributed by atoms with E-state index in [2.05, 4.69) is 5.32 Å². The SMILES string of the molecule is O=C(NC1CCN(C(=O)O)CC1c1ccc(Cl)c(F)c1)c1ccc(Cl)cc1. The van der Waals surface area contributed by atoms with E-state index in [4.69, 9.17) is 23.2 Å². The summed E-state index contributed by atoms with van der Waals surface area (Å²) >= 11 is 11.6. The molecule has 0 spiro atoms. The molecule has 2 amide bonds. The summed E-state index contributed by atoms with van der Waals surface area (Å²) in [7, 11) is 0. The van der Waals surface area contributed by atoms with Crippen molar-refractivity contribution in [3.05, 3.63) is 69.5 Å². The molecule has 2 atom stereocenters. The number of nitrogens with one attached hydrogen (secondary N) is 1. The zero-order valence-corrected chi connectivity index (χ0v) is 15.7. The molecule has 2 aromatic rings. The summed E-state index contributed by atoms with van der Waals surface area (Å²) < 4.78 is 13.9. The second-order valence-corrected chi connectivity index (χ2v) is 7.23. The quantitative estimate of drug-likeness (QED) is 0.787. The lowest BCUT2D eigenvalue weighted by Crippen LogP contribution is -2.51. The van der Waals surface area contributed by atoms with Crippen LogP contribution >= 0.6 is 23.2 Å². The van der Waals surface area contributed by atoms with Crippen LogP contribution in [0.15, 0.2) is 42.5 Å². The van der Waals surface area contributed by atoms with Gasteiger partial charge in [-0.3, -0.25) is 4.79 Å². The van der Waals surface area contributed by atoms with Crippen LogP contribution in [0.1, 0.15) is 28.3 Å². The highest BCUT2D eigenvalue weighted by molar-refractivity contribution is 6.31. The minimum atomic E-state index is -1.04. The van der Waals surface area contributed by atoms with Crippen molar-refractivity contribution in [2.24, 2.45) is 0 Å². The topological polar surface area (TPSA) is 69.6 Å². The average Bonchev–Trinajstić information content (AvgIpc) is 2.64. The summed E-state index contributed by atoms with van der Waals surface area (Å²) in [4.78, 5) is 25.2. The fourth-order valence-electron chi connectivity index (χ4n) is 3.23. The van der Waals surface area contributed by atoms with Gasteiger partial charge in [0.2, 0.25) is 0 Å². The third-order valence-corrected chi connectivity index (χ3v) is 5.24. The lowest BCUT2D eigenvalue weighted by molar-refractivity contribution is 0.0888. The number of rotatable bonds is 3. The maximum Gasteiger partial charge on any atom is 0.407 e. The van der Waals surface area contributed by atoms with E-state index in [9.17, 15) is 19.1 Å². The Morgan fingerprint density at radius 1 is 1.15 bits per heavy atom. The summed E-state index contributed by atoms with van der Waals surface area (Å²) in [5.74, 6) is -1.26. The number of carbonyl (C=O) groups excluding carboxylic acids is 1. The van der Waals surface area contributed by atoms with Gasteiger partial charge in [-0.2, -0.15) is 0 Å². The molecule has 2 unspecified atom stereocenters. The monoisotopic (exact) mass is 410 g/mol. The molecule has 27 heavy (non-hydrogen) atoms. The van der Waals surface area contributed by atoms with Crippen molar-refractivity contribution < 1.29 is 19.1 Å². The predicted molar refractivity (Wildman–Crippen MR) is 101 cm³/mol. The Kier molecular flexibility index (Phi) is 5.87. The number of amides is 2. The number of likely N-dealkylation sites (tertiary alicyclic amines) is 1. The molecule has 1 heterocycles. The van der Waals surface area contributed by atoms with E-state index in [0.29, 0.717) is 22.6 Å². The van der Waals surface area contributed by atoms with Crippen molar-refractivity contribution in [2.45, 2.75) is 18.4 Å². The molecule has 5 nitrogen and oxygen atoms in total. The van der Waals surface area contributed by atoms with Gasteiger partial charge >= 0.3 is 6.09 Å². The summed E-state index contributed by atoms with van der Waals surface area (Å²) in [6.45, 7) is 0.440. The predicted octanol–water partition coefficient (Wildman–Crippen LogP) is 4.40. The van der Waals surface area contributed by atoms with Crippen LogP contribution in [-0.4, -0.2) is 41.1 Å². The first kappa shape index (κ1) is 19.5. The maximum absolute atomic E-state index is 13.9. The molecular formula is C19H17Cl2FN2O3. The molecule has 0 aliphatic carbocycles. The van der Waals surface area contributed by atoms with Crippen molar-refractivity contribution >= 4 is 35.2 Å². The molecule has 2 N–H and O–H groups in total. The molecule has 1 saturated heterocycles. The molecule has 2 aromatic carbocycles. The van der Waals surface area contributed by atoms with Gasteiger partial charge in [-0.1, -0.05) is 29.3 Å². The summed E-state index contributed by atoms with van der Waals surface area (Å²) in [5.41, 5.74) is 1.03. The molecule has 1 aliphatic rings. The van der Waals surface area contributed by atoms with Gasteiger partial charge in [0.25, 0.3) is 5.91 Å². The standard InChI is InChI=1S/C19H17Cl2FN2O3/c20-13-4-1-11(2-5-13)18(25)23-17-7-8-24(19(26)27)10-14(17)12-3-6-15(21)16(22)9-12/h1-6,9,14,17H,7-8,10H2,(H,23,25)(H,26,27). The van der Waals surface area contributed by atoms with Crippen LogP contribution in [0.25, 0.3) is 0 Å². The van der Waals surface area contributed by atoms with Crippen LogP contribution in [0.4, 0.5) is 9.18 Å². The lowest BCUT2D eigenvalue weighted by Gasteiger charge is -2.38. The van der Waals surface area contributed by atoms with Crippen LogP contribution in [0.2, 0.25) is 10.0 Å². The van der Waals surface area contributed by atoms with Gasteiger partial charge in [-0.25, -0.2) is 9.18 Å². The maximum atomic E-state index is 13.9. The van der Waals surface area contributed by atoms with E-state index in [1.807, 2.05) is 0 Å². The molecule has 0 aromatic heterocycles. The van der Waals surface area contributed by atoms with Crippen molar-refractivity contribution in [1.29, 1.82) is 0 Å². The van der Waals surface area contributed by atoms with Crippen molar-refractivity contribution in [1.82, 2.24) is 10.2 Å². The molecule has 0 saturated carbocycles. The van der Waals surface area contributed by atoms with Crippen LogP contribution in [0, 0.1) is 5.82 Å². The molecule has 3 rings (SSSR count). The number of hydrogen-bond acceptors (Lipinski definition) is 2. The Balaban J connectivity index is 1.84. The molecule has 8 heteroatoms. The number of carbonyl (C=O) groups is 2. The highest BCUT2D eigenvalue weighted by Gasteiger charge is 2.34.